The van der Waals surface area contributed by atoms with Crippen LogP contribution in [0.5, 0.6) is 0 Å². The predicted molar refractivity (Wildman–Crippen MR) is 76.3 cm³/mol. The van der Waals surface area contributed by atoms with Crippen molar-refractivity contribution in [1.82, 2.24) is 14.8 Å². The van der Waals surface area contributed by atoms with E-state index in [-0.39, 0.29) is 17.3 Å². The van der Waals surface area contributed by atoms with Gasteiger partial charge in [-0.05, 0) is 22.0 Å². The zero-order valence-corrected chi connectivity index (χ0v) is 12.3. The topological polar surface area (TPSA) is 103 Å². The number of rotatable bonds is 4. The highest BCUT2D eigenvalue weighted by Crippen LogP contribution is 2.19. The van der Waals surface area contributed by atoms with Crippen LogP contribution in [0.2, 0.25) is 5.15 Å². The zero-order valence-electron chi connectivity index (χ0n) is 10.0. The van der Waals surface area contributed by atoms with Crippen molar-refractivity contribution in [1.29, 1.82) is 0 Å². The Labute approximate surface area is 127 Å². The van der Waals surface area contributed by atoms with Gasteiger partial charge in [-0.25, -0.2) is 4.98 Å². The molecule has 0 bridgehead atoms. The average molecular weight is 359 g/mol. The van der Waals surface area contributed by atoms with Gasteiger partial charge in [-0.15, -0.1) is 0 Å². The van der Waals surface area contributed by atoms with Gasteiger partial charge in [0.25, 0.3) is 5.91 Å². The Morgan fingerprint density at radius 2 is 2.20 bits per heavy atom. The van der Waals surface area contributed by atoms with Crippen LogP contribution in [0.15, 0.2) is 29.1 Å². The summed E-state index contributed by atoms with van der Waals surface area (Å²) in [6, 6.07) is 1.55. The number of amides is 2. The second-order valence-corrected chi connectivity index (χ2v) is 5.11. The van der Waals surface area contributed by atoms with Gasteiger partial charge in [-0.1, -0.05) is 11.6 Å². The minimum atomic E-state index is -0.523. The highest BCUT2D eigenvalue weighted by molar-refractivity contribution is 9.10. The number of primary amides is 1. The lowest BCUT2D eigenvalue weighted by atomic mass is 10.2. The normalized spacial score (nSPS) is 10.3. The second-order valence-electron chi connectivity index (χ2n) is 3.84. The van der Waals surface area contributed by atoms with Gasteiger partial charge in [0.2, 0.25) is 5.91 Å². The van der Waals surface area contributed by atoms with Gasteiger partial charge in [0.05, 0.1) is 17.4 Å². The maximum atomic E-state index is 12.0. The van der Waals surface area contributed by atoms with E-state index in [1.165, 1.54) is 23.3 Å². The molecule has 0 aliphatic rings. The third-order valence-electron chi connectivity index (χ3n) is 2.26. The smallest absolute Gasteiger partial charge is 0.258 e. The maximum absolute atomic E-state index is 12.0. The second kappa shape index (κ2) is 6.02. The van der Waals surface area contributed by atoms with E-state index in [0.717, 1.165) is 0 Å². The molecule has 0 radical (unpaired) electrons. The van der Waals surface area contributed by atoms with Gasteiger partial charge in [-0.3, -0.25) is 14.3 Å². The molecule has 104 valence electrons. The fourth-order valence-electron chi connectivity index (χ4n) is 1.45. The molecule has 0 saturated carbocycles. The highest BCUT2D eigenvalue weighted by Gasteiger charge is 2.13. The van der Waals surface area contributed by atoms with Gasteiger partial charge in [0, 0.05) is 16.9 Å². The van der Waals surface area contributed by atoms with Crippen LogP contribution in [-0.4, -0.2) is 26.6 Å². The third-order valence-corrected chi connectivity index (χ3v) is 2.99. The first kappa shape index (κ1) is 14.5. The van der Waals surface area contributed by atoms with E-state index in [0.29, 0.717) is 10.2 Å². The lowest BCUT2D eigenvalue weighted by molar-refractivity contribution is -0.118. The van der Waals surface area contributed by atoms with Crippen molar-refractivity contribution in [2.75, 3.05) is 5.32 Å². The van der Waals surface area contributed by atoms with E-state index in [1.807, 2.05) is 0 Å². The van der Waals surface area contributed by atoms with E-state index >= 15 is 0 Å². The Balaban J connectivity index is 2.13. The molecule has 0 fully saturated rings. The summed E-state index contributed by atoms with van der Waals surface area (Å²) in [5.74, 6) is -0.951. The molecule has 2 aromatic heterocycles. The van der Waals surface area contributed by atoms with E-state index < -0.39 is 11.8 Å². The molecule has 2 rings (SSSR count). The number of hydrogen-bond donors (Lipinski definition) is 2. The molecule has 0 aromatic carbocycles. The summed E-state index contributed by atoms with van der Waals surface area (Å²) < 4.78 is 1.95. The summed E-state index contributed by atoms with van der Waals surface area (Å²) in [5.41, 5.74) is 5.69. The lowest BCUT2D eigenvalue weighted by Gasteiger charge is -2.04. The number of nitrogens with two attached hydrogens (primary N) is 1. The van der Waals surface area contributed by atoms with Gasteiger partial charge < -0.3 is 11.1 Å². The first-order chi connectivity index (χ1) is 9.45. The van der Waals surface area contributed by atoms with Crippen molar-refractivity contribution >= 4 is 45.0 Å². The molecule has 0 saturated heterocycles. The summed E-state index contributed by atoms with van der Waals surface area (Å²) in [6.07, 6.45) is 4.38. The largest absolute Gasteiger partial charge is 0.368 e. The van der Waals surface area contributed by atoms with Crippen LogP contribution >= 0.6 is 27.5 Å². The molecule has 20 heavy (non-hydrogen) atoms. The number of aromatic nitrogens is 3. The Morgan fingerprint density at radius 1 is 1.45 bits per heavy atom. The van der Waals surface area contributed by atoms with Crippen LogP contribution in [-0.2, 0) is 11.3 Å². The predicted octanol–water partition coefficient (Wildman–Crippen LogP) is 1.43. The SMILES string of the molecule is NC(=O)Cn1cc(NC(=O)c2cc(Br)cnc2Cl)cn1. The monoisotopic (exact) mass is 357 g/mol. The first-order valence-electron chi connectivity index (χ1n) is 5.39. The fourth-order valence-corrected chi connectivity index (χ4v) is 1.97. The van der Waals surface area contributed by atoms with E-state index in [1.54, 1.807) is 6.07 Å². The minimum Gasteiger partial charge on any atom is -0.368 e. The molecular formula is C11H9BrClN5O2. The van der Waals surface area contributed by atoms with Crippen LogP contribution in [0.3, 0.4) is 0 Å². The van der Waals surface area contributed by atoms with Crippen molar-refractivity contribution in [3.8, 4) is 0 Å². The number of carbonyl (C=O) groups is 2. The molecule has 7 nitrogen and oxygen atoms in total. The summed E-state index contributed by atoms with van der Waals surface area (Å²) in [6.45, 7) is -0.0604. The van der Waals surface area contributed by atoms with E-state index in [4.69, 9.17) is 17.3 Å². The maximum Gasteiger partial charge on any atom is 0.258 e. The number of hydrogen-bond acceptors (Lipinski definition) is 4. The number of pyridine rings is 1. The van der Waals surface area contributed by atoms with Crippen LogP contribution in [0.4, 0.5) is 5.69 Å². The number of nitrogens with zero attached hydrogens (tertiary/aromatic N) is 3. The zero-order chi connectivity index (χ0) is 14.7. The molecule has 0 aliphatic carbocycles. The number of nitrogens with one attached hydrogen (secondary N) is 1. The molecule has 0 spiro atoms. The Morgan fingerprint density at radius 3 is 2.90 bits per heavy atom. The van der Waals surface area contributed by atoms with Crippen LogP contribution < -0.4 is 11.1 Å². The number of carbonyl (C=O) groups excluding carboxylic acids is 2. The third kappa shape index (κ3) is 3.55. The molecule has 9 heteroatoms. The van der Waals surface area contributed by atoms with Crippen molar-refractivity contribution in [2.24, 2.45) is 5.73 Å². The minimum absolute atomic E-state index is 0.0604. The van der Waals surface area contributed by atoms with Crippen molar-refractivity contribution < 1.29 is 9.59 Å². The molecule has 3 N–H and O–H groups in total. The average Bonchev–Trinajstić information content (AvgIpc) is 2.78. The molecule has 2 aromatic rings. The highest BCUT2D eigenvalue weighted by atomic mass is 79.9. The molecule has 2 amide bonds. The Bertz CT molecular complexity index is 673. The van der Waals surface area contributed by atoms with Crippen molar-refractivity contribution in [3.05, 3.63) is 39.8 Å². The summed E-state index contributed by atoms with van der Waals surface area (Å²) >= 11 is 9.07. The molecule has 0 unspecified atom stereocenters. The molecule has 2 heterocycles. The van der Waals surface area contributed by atoms with Gasteiger partial charge >= 0.3 is 0 Å². The Kier molecular flexibility index (Phi) is 4.35. The molecule has 0 atom stereocenters. The summed E-state index contributed by atoms with van der Waals surface area (Å²) in [5, 5.41) is 6.58. The summed E-state index contributed by atoms with van der Waals surface area (Å²) in [4.78, 5) is 26.6. The Hall–Kier alpha value is -1.93. The standard InChI is InChI=1S/C11H9BrClN5O2/c12-6-1-8(10(13)15-2-6)11(20)17-7-3-16-18(4-7)5-9(14)19/h1-4H,5H2,(H2,14,19)(H,17,20). The molecular weight excluding hydrogens is 350 g/mol. The van der Waals surface area contributed by atoms with Gasteiger partial charge in [-0.2, -0.15) is 5.10 Å². The molecule has 0 aliphatic heterocycles. The van der Waals surface area contributed by atoms with Crippen LogP contribution in [0.25, 0.3) is 0 Å². The number of anilines is 1. The van der Waals surface area contributed by atoms with Crippen molar-refractivity contribution in [3.63, 3.8) is 0 Å². The summed E-state index contributed by atoms with van der Waals surface area (Å²) in [7, 11) is 0. The lowest BCUT2D eigenvalue weighted by Crippen LogP contribution is -2.18. The van der Waals surface area contributed by atoms with Gasteiger partial charge in [0.1, 0.15) is 11.7 Å². The van der Waals surface area contributed by atoms with Crippen LogP contribution in [0.1, 0.15) is 10.4 Å². The van der Waals surface area contributed by atoms with Crippen molar-refractivity contribution in [2.45, 2.75) is 6.54 Å². The fraction of sp³-hybridized carbons (Fsp3) is 0.0909. The quantitative estimate of drug-likeness (QED) is 0.807. The van der Waals surface area contributed by atoms with Crippen LogP contribution in [0, 0.1) is 0 Å². The van der Waals surface area contributed by atoms with Gasteiger partial charge in [0.15, 0.2) is 0 Å². The van der Waals surface area contributed by atoms with E-state index in [2.05, 4.69) is 31.3 Å². The first-order valence-corrected chi connectivity index (χ1v) is 6.56. The van der Waals surface area contributed by atoms with E-state index in [9.17, 15) is 9.59 Å². The number of halogens is 2.